The molecule has 0 saturated heterocycles. The maximum Gasteiger partial charge on any atom is -0.0149 e. The van der Waals surface area contributed by atoms with Crippen molar-refractivity contribution in [2.45, 2.75) is 0 Å². The maximum absolute atomic E-state index is 8.82. The molecule has 40 valence electrons. The smallest absolute Gasteiger partial charge is 0.0149 e. The van der Waals surface area contributed by atoms with Gasteiger partial charge in [-0.25, -0.2) is 0 Å². The molecule has 0 bridgehead atoms. The third-order valence-corrected chi connectivity index (χ3v) is 0. The van der Waals surface area contributed by atoms with Gasteiger partial charge in [-0.05, 0) is 11.0 Å². The minimum atomic E-state index is -5.25. The Bertz CT molecular complexity index is 90.7. The van der Waals surface area contributed by atoms with Crippen molar-refractivity contribution >= 4 is 11.0 Å². The Morgan fingerprint density at radius 2 is 1.17 bits per heavy atom. The molecule has 0 rings (SSSR count). The van der Waals surface area contributed by atoms with Crippen molar-refractivity contribution in [3.63, 3.8) is 0 Å². The van der Waals surface area contributed by atoms with Gasteiger partial charge in [0, 0.05) is 0 Å². The summed E-state index contributed by atoms with van der Waals surface area (Å²) in [6.07, 6.45) is 0. The summed E-state index contributed by atoms with van der Waals surface area (Å²) in [6, 6.07) is 0. The van der Waals surface area contributed by atoms with Gasteiger partial charge < -0.3 is 0 Å². The van der Waals surface area contributed by atoms with E-state index >= 15 is 0 Å². The summed E-state index contributed by atoms with van der Waals surface area (Å²) in [5, 5.41) is 0. The van der Waals surface area contributed by atoms with Crippen LogP contribution < -0.4 is 0 Å². The number of hydrogen-bond donors (Lipinski definition) is 2. The zero-order valence-corrected chi connectivity index (χ0v) is 3.39. The molecule has 0 aromatic heterocycles. The van der Waals surface area contributed by atoms with E-state index in [1.54, 1.807) is 0 Å². The zero-order chi connectivity index (χ0) is 4.50. The Kier molecular flexibility index (Phi) is 3.89. The van der Waals surface area contributed by atoms with E-state index in [9.17, 15) is 0 Å². The molecule has 0 aliphatic rings. The summed E-state index contributed by atoms with van der Waals surface area (Å²) in [7, 11) is 0. The molecule has 0 atom stereocenters. The first kappa shape index (κ1) is 9.55. The van der Waals surface area contributed by atoms with Gasteiger partial charge in [-0.3, -0.25) is 0 Å². The molecule has 2 N–H and O–H groups in total. The SMILES string of the molecule is [O]=[Cr](=[O])([OH])[OH].[SiH4]. The van der Waals surface area contributed by atoms with Crippen molar-refractivity contribution in [2.24, 2.45) is 0 Å². The molecule has 0 radical (unpaired) electrons. The first-order valence-corrected chi connectivity index (χ1v) is 2.88. The third kappa shape index (κ3) is 629. The second-order valence-electron chi connectivity index (χ2n) is 0.448. The molecule has 0 spiro atoms. The van der Waals surface area contributed by atoms with Gasteiger partial charge in [0.05, 0.1) is 0 Å². The predicted molar refractivity (Wildman–Crippen MR) is 17.1 cm³/mol. The van der Waals surface area contributed by atoms with Crippen molar-refractivity contribution in [1.29, 1.82) is 0 Å². The monoisotopic (exact) mass is 150 g/mol. The van der Waals surface area contributed by atoms with Crippen LogP contribution in [0, 0.1) is 0 Å². The summed E-state index contributed by atoms with van der Waals surface area (Å²) >= 11 is -5.25. The van der Waals surface area contributed by atoms with Crippen LogP contribution in [0.15, 0.2) is 0 Å². The molecule has 6 heavy (non-hydrogen) atoms. The van der Waals surface area contributed by atoms with Crippen LogP contribution >= 0.6 is 0 Å². The largest absolute Gasteiger partial charge is 0.0149 e. The summed E-state index contributed by atoms with van der Waals surface area (Å²) in [6.45, 7) is 0. The molecule has 0 unspecified atom stereocenters. The molecule has 0 amide bonds. The summed E-state index contributed by atoms with van der Waals surface area (Å²) in [5.41, 5.74) is 0. The fraction of sp³-hybridized carbons (Fsp3) is 0. The van der Waals surface area contributed by atoms with E-state index in [4.69, 9.17) is 15.9 Å². The second kappa shape index (κ2) is 2.44. The molecular weight excluding hydrogens is 144 g/mol. The standard InChI is InChI=1S/Cr.2H2O.2O.H4Si/h;2*1H2;;;1H4/q+2;;;;;/p-2. The molecule has 0 aromatic carbocycles. The van der Waals surface area contributed by atoms with Gasteiger partial charge in [-0.2, -0.15) is 0 Å². The minimum absolute atomic E-state index is 0. The normalized spacial score (nSPS) is 9.67. The van der Waals surface area contributed by atoms with E-state index in [0.717, 1.165) is 0 Å². The quantitative estimate of drug-likeness (QED) is 0.366. The fourth-order valence-electron chi connectivity index (χ4n) is 0. The third-order valence-electron chi connectivity index (χ3n) is 0. The van der Waals surface area contributed by atoms with Crippen LogP contribution in [0.25, 0.3) is 0 Å². The number of hydrogen-bond acceptors (Lipinski definition) is 2. The first-order chi connectivity index (χ1) is 2.00. The minimum Gasteiger partial charge on any atom is -0.0149 e. The molecule has 0 aliphatic carbocycles. The van der Waals surface area contributed by atoms with Crippen molar-refractivity contribution < 1.29 is 29.5 Å². The molecular formula is H6CrO4Si. The van der Waals surface area contributed by atoms with Crippen LogP contribution in [0.1, 0.15) is 0 Å². The van der Waals surface area contributed by atoms with Crippen LogP contribution in [0.4, 0.5) is 0 Å². The van der Waals surface area contributed by atoms with E-state index in [-0.39, 0.29) is 11.0 Å². The van der Waals surface area contributed by atoms with E-state index in [1.165, 1.54) is 0 Å². The summed E-state index contributed by atoms with van der Waals surface area (Å²) in [5.74, 6) is 0. The predicted octanol–water partition coefficient (Wildman–Crippen LogP) is -2.81. The van der Waals surface area contributed by atoms with E-state index in [0.29, 0.717) is 0 Å². The van der Waals surface area contributed by atoms with E-state index < -0.39 is 13.6 Å². The fourth-order valence-corrected chi connectivity index (χ4v) is 0. The second-order valence-corrected chi connectivity index (χ2v) is 1.85. The molecule has 0 saturated carbocycles. The Labute approximate surface area is 41.2 Å². The van der Waals surface area contributed by atoms with Gasteiger partial charge in [0.1, 0.15) is 0 Å². The van der Waals surface area contributed by atoms with Crippen LogP contribution in [-0.4, -0.2) is 19.3 Å². The molecule has 6 heteroatoms. The molecule has 0 aromatic rings. The van der Waals surface area contributed by atoms with Crippen molar-refractivity contribution in [2.75, 3.05) is 0 Å². The van der Waals surface area contributed by atoms with Gasteiger partial charge >= 0.3 is 29.5 Å². The number of rotatable bonds is 0. The van der Waals surface area contributed by atoms with Crippen molar-refractivity contribution in [1.82, 2.24) is 0 Å². The molecule has 0 fully saturated rings. The Balaban J connectivity index is 0. The van der Waals surface area contributed by atoms with Crippen LogP contribution in [0.3, 0.4) is 0 Å². The molecule has 4 nitrogen and oxygen atoms in total. The topological polar surface area (TPSA) is 74.6 Å². The Morgan fingerprint density at radius 3 is 1.17 bits per heavy atom. The Morgan fingerprint density at radius 1 is 1.17 bits per heavy atom. The van der Waals surface area contributed by atoms with E-state index in [2.05, 4.69) is 0 Å². The van der Waals surface area contributed by atoms with Gasteiger partial charge in [0.2, 0.25) is 0 Å². The average molecular weight is 150 g/mol. The zero-order valence-electron chi connectivity index (χ0n) is 2.12. The van der Waals surface area contributed by atoms with Crippen molar-refractivity contribution in [3.8, 4) is 0 Å². The van der Waals surface area contributed by atoms with Gasteiger partial charge in [-0.1, -0.05) is 0 Å². The average Bonchev–Trinajstić information content (AvgIpc) is 0.722. The first-order valence-electron chi connectivity index (χ1n) is 0.698. The summed E-state index contributed by atoms with van der Waals surface area (Å²) in [4.78, 5) is 0. The maximum atomic E-state index is 8.82. The summed E-state index contributed by atoms with van der Waals surface area (Å²) < 4.78 is 31.9. The molecule has 0 heterocycles. The Hall–Kier alpha value is 0.269. The van der Waals surface area contributed by atoms with Gasteiger partial charge in [0.15, 0.2) is 0 Å². The van der Waals surface area contributed by atoms with Crippen LogP contribution in [0.2, 0.25) is 0 Å². The van der Waals surface area contributed by atoms with Crippen LogP contribution in [-0.2, 0) is 21.2 Å². The van der Waals surface area contributed by atoms with E-state index in [1.807, 2.05) is 0 Å². The van der Waals surface area contributed by atoms with Crippen molar-refractivity contribution in [3.05, 3.63) is 0 Å². The van der Waals surface area contributed by atoms with Gasteiger partial charge in [0.25, 0.3) is 0 Å². The van der Waals surface area contributed by atoms with Gasteiger partial charge in [-0.15, -0.1) is 0 Å². The molecule has 0 aliphatic heterocycles. The van der Waals surface area contributed by atoms with Crippen LogP contribution in [0.5, 0.6) is 0 Å².